The van der Waals surface area contributed by atoms with E-state index in [0.29, 0.717) is 0 Å². The molecule has 1 amide bonds. The van der Waals surface area contributed by atoms with Crippen molar-refractivity contribution in [2.45, 2.75) is 58.0 Å². The van der Waals surface area contributed by atoms with Crippen LogP contribution < -0.4 is 10.6 Å². The van der Waals surface area contributed by atoms with Crippen molar-refractivity contribution in [2.24, 2.45) is 0 Å². The van der Waals surface area contributed by atoms with Crippen LogP contribution in [0.2, 0.25) is 0 Å². The minimum Gasteiger partial charge on any atom is -0.346 e. The average Bonchev–Trinajstić information content (AvgIpc) is 2.99. The molecule has 2 rings (SSSR count). The first kappa shape index (κ1) is 14.5. The minimum absolute atomic E-state index is 0.0117. The molecule has 1 fully saturated rings. The van der Waals surface area contributed by atoms with Gasteiger partial charge in [0.2, 0.25) is 5.91 Å². The van der Waals surface area contributed by atoms with E-state index in [1.807, 2.05) is 20.0 Å². The highest BCUT2D eigenvalue weighted by atomic mass is 32.1. The number of rotatable bonds is 5. The van der Waals surface area contributed by atoms with Crippen LogP contribution in [-0.4, -0.2) is 23.0 Å². The maximum Gasteiger partial charge on any atom is 0.240 e. The molecule has 2 heterocycles. The van der Waals surface area contributed by atoms with Crippen molar-refractivity contribution < 1.29 is 4.79 Å². The molecule has 4 nitrogen and oxygen atoms in total. The molecular weight excluding hydrogens is 258 g/mol. The van der Waals surface area contributed by atoms with Gasteiger partial charge < -0.3 is 10.6 Å². The zero-order chi connectivity index (χ0) is 13.9. The van der Waals surface area contributed by atoms with E-state index in [4.69, 9.17) is 0 Å². The van der Waals surface area contributed by atoms with E-state index in [1.165, 1.54) is 4.88 Å². The first-order chi connectivity index (χ1) is 9.07. The SMILES string of the molecule is CCCC1(C(=O)NC(C)c2ncc(C)s2)CCCN1. The van der Waals surface area contributed by atoms with Crippen LogP contribution >= 0.6 is 11.3 Å². The van der Waals surface area contributed by atoms with Gasteiger partial charge in [0.1, 0.15) is 5.01 Å². The predicted molar refractivity (Wildman–Crippen MR) is 78.3 cm³/mol. The maximum atomic E-state index is 12.6. The Morgan fingerprint density at radius 3 is 3.00 bits per heavy atom. The monoisotopic (exact) mass is 281 g/mol. The van der Waals surface area contributed by atoms with Crippen molar-refractivity contribution in [1.29, 1.82) is 0 Å². The fourth-order valence-corrected chi connectivity index (χ4v) is 3.50. The highest BCUT2D eigenvalue weighted by molar-refractivity contribution is 7.11. The standard InChI is InChI=1S/C14H23N3OS/c1-4-6-14(7-5-8-16-14)13(18)17-11(3)12-15-9-10(2)19-12/h9,11,16H,4-8H2,1-3H3,(H,17,18). The van der Waals surface area contributed by atoms with E-state index in [2.05, 4.69) is 22.5 Å². The van der Waals surface area contributed by atoms with Crippen LogP contribution in [0.1, 0.15) is 55.5 Å². The number of amides is 1. The Kier molecular flexibility index (Phi) is 4.58. The number of nitrogens with one attached hydrogen (secondary N) is 2. The predicted octanol–water partition coefficient (Wildman–Crippen LogP) is 2.55. The molecule has 1 aromatic rings. The highest BCUT2D eigenvalue weighted by Crippen LogP contribution is 2.27. The normalized spacial score (nSPS) is 24.4. The van der Waals surface area contributed by atoms with Gasteiger partial charge in [0.25, 0.3) is 0 Å². The summed E-state index contributed by atoms with van der Waals surface area (Å²) in [7, 11) is 0. The minimum atomic E-state index is -0.352. The van der Waals surface area contributed by atoms with Crippen molar-refractivity contribution >= 4 is 17.2 Å². The van der Waals surface area contributed by atoms with E-state index in [-0.39, 0.29) is 17.5 Å². The van der Waals surface area contributed by atoms with E-state index in [9.17, 15) is 4.79 Å². The molecule has 2 unspecified atom stereocenters. The Morgan fingerprint density at radius 2 is 2.47 bits per heavy atom. The summed E-state index contributed by atoms with van der Waals surface area (Å²) in [6.07, 6.45) is 5.81. The van der Waals surface area contributed by atoms with Gasteiger partial charge in [0, 0.05) is 11.1 Å². The van der Waals surface area contributed by atoms with Crippen LogP contribution in [0.25, 0.3) is 0 Å². The molecule has 1 saturated heterocycles. The lowest BCUT2D eigenvalue weighted by Gasteiger charge is -2.29. The van der Waals surface area contributed by atoms with Crippen LogP contribution in [0.5, 0.6) is 0 Å². The van der Waals surface area contributed by atoms with E-state index < -0.39 is 0 Å². The second-order valence-electron chi connectivity index (χ2n) is 5.37. The smallest absolute Gasteiger partial charge is 0.240 e. The first-order valence-electron chi connectivity index (χ1n) is 7.06. The van der Waals surface area contributed by atoms with Crippen LogP contribution in [-0.2, 0) is 4.79 Å². The van der Waals surface area contributed by atoms with Crippen LogP contribution in [0.3, 0.4) is 0 Å². The fraction of sp³-hybridized carbons (Fsp3) is 0.714. The molecular formula is C14H23N3OS. The molecule has 0 spiro atoms. The summed E-state index contributed by atoms with van der Waals surface area (Å²) in [5.41, 5.74) is -0.352. The van der Waals surface area contributed by atoms with Crippen LogP contribution in [0, 0.1) is 6.92 Å². The second kappa shape index (κ2) is 6.01. The number of nitrogens with zero attached hydrogens (tertiary/aromatic N) is 1. The van der Waals surface area contributed by atoms with Crippen molar-refractivity contribution in [1.82, 2.24) is 15.6 Å². The molecule has 2 atom stereocenters. The van der Waals surface area contributed by atoms with Gasteiger partial charge in [-0.3, -0.25) is 4.79 Å². The summed E-state index contributed by atoms with van der Waals surface area (Å²) in [5.74, 6) is 0.132. The van der Waals surface area contributed by atoms with E-state index >= 15 is 0 Å². The van der Waals surface area contributed by atoms with E-state index in [1.54, 1.807) is 11.3 Å². The number of thiazole rings is 1. The summed E-state index contributed by atoms with van der Waals surface area (Å²) in [5, 5.41) is 7.51. The Balaban J connectivity index is 2.03. The number of hydrogen-bond donors (Lipinski definition) is 2. The third kappa shape index (κ3) is 3.15. The lowest BCUT2D eigenvalue weighted by molar-refractivity contribution is -0.128. The van der Waals surface area contributed by atoms with Gasteiger partial charge >= 0.3 is 0 Å². The van der Waals surface area contributed by atoms with Gasteiger partial charge in [-0.15, -0.1) is 11.3 Å². The number of carbonyl (C=O) groups excluding carboxylic acids is 1. The van der Waals surface area contributed by atoms with Gasteiger partial charge in [0.15, 0.2) is 0 Å². The van der Waals surface area contributed by atoms with Crippen molar-refractivity contribution in [3.8, 4) is 0 Å². The first-order valence-corrected chi connectivity index (χ1v) is 7.87. The zero-order valence-corrected chi connectivity index (χ0v) is 12.8. The van der Waals surface area contributed by atoms with Gasteiger partial charge in [-0.25, -0.2) is 4.98 Å². The molecule has 106 valence electrons. The quantitative estimate of drug-likeness (QED) is 0.872. The summed E-state index contributed by atoms with van der Waals surface area (Å²) in [4.78, 5) is 18.1. The molecule has 0 aromatic carbocycles. The molecule has 0 bridgehead atoms. The Morgan fingerprint density at radius 1 is 1.68 bits per heavy atom. The van der Waals surface area contributed by atoms with Crippen LogP contribution in [0.15, 0.2) is 6.20 Å². The third-order valence-corrected chi connectivity index (χ3v) is 4.81. The Labute approximate surface area is 119 Å². The van der Waals surface area contributed by atoms with Gasteiger partial charge in [0.05, 0.1) is 11.6 Å². The maximum absolute atomic E-state index is 12.6. The topological polar surface area (TPSA) is 54.0 Å². The molecule has 1 aliphatic rings. The second-order valence-corrected chi connectivity index (χ2v) is 6.63. The molecule has 2 N–H and O–H groups in total. The highest BCUT2D eigenvalue weighted by Gasteiger charge is 2.40. The summed E-state index contributed by atoms with van der Waals surface area (Å²) in [6.45, 7) is 7.11. The molecule has 19 heavy (non-hydrogen) atoms. The van der Waals surface area contributed by atoms with Crippen molar-refractivity contribution in [2.75, 3.05) is 6.54 Å². The fourth-order valence-electron chi connectivity index (χ4n) is 2.72. The molecule has 1 aromatic heterocycles. The van der Waals surface area contributed by atoms with E-state index in [0.717, 1.165) is 37.2 Å². The van der Waals surface area contributed by atoms with Crippen molar-refractivity contribution in [3.05, 3.63) is 16.1 Å². The van der Waals surface area contributed by atoms with Gasteiger partial charge in [-0.2, -0.15) is 0 Å². The summed E-state index contributed by atoms with van der Waals surface area (Å²) < 4.78 is 0. The Bertz CT molecular complexity index is 438. The zero-order valence-electron chi connectivity index (χ0n) is 12.0. The number of aryl methyl sites for hydroxylation is 1. The van der Waals surface area contributed by atoms with Crippen LogP contribution in [0.4, 0.5) is 0 Å². The third-order valence-electron chi connectivity index (χ3n) is 3.71. The van der Waals surface area contributed by atoms with Crippen molar-refractivity contribution in [3.63, 3.8) is 0 Å². The molecule has 1 aliphatic heterocycles. The largest absolute Gasteiger partial charge is 0.346 e. The molecule has 0 radical (unpaired) electrons. The molecule has 0 saturated carbocycles. The molecule has 5 heteroatoms. The number of carbonyl (C=O) groups is 1. The molecule has 0 aliphatic carbocycles. The summed E-state index contributed by atoms with van der Waals surface area (Å²) >= 11 is 1.65. The summed E-state index contributed by atoms with van der Waals surface area (Å²) in [6, 6.07) is -0.0117. The number of hydrogen-bond acceptors (Lipinski definition) is 4. The number of aromatic nitrogens is 1. The van der Waals surface area contributed by atoms with Gasteiger partial charge in [-0.1, -0.05) is 13.3 Å². The lowest BCUT2D eigenvalue weighted by atomic mass is 9.90. The van der Waals surface area contributed by atoms with Gasteiger partial charge in [-0.05, 0) is 39.7 Å². The average molecular weight is 281 g/mol. The lowest BCUT2D eigenvalue weighted by Crippen LogP contribution is -2.53. The Hall–Kier alpha value is -0.940.